The molecule has 3 N–H and O–H groups in total. The zero-order valence-electron chi connectivity index (χ0n) is 8.67. The van der Waals surface area contributed by atoms with E-state index in [1.54, 1.807) is 0 Å². The Morgan fingerprint density at radius 1 is 1.54 bits per heavy atom. The third-order valence-electron chi connectivity index (χ3n) is 1.50. The van der Waals surface area contributed by atoms with Crippen LogP contribution in [0.4, 0.5) is 0 Å². The predicted octanol–water partition coefficient (Wildman–Crippen LogP) is 0.265. The van der Waals surface area contributed by atoms with Crippen LogP contribution < -0.4 is 11.1 Å². The fourth-order valence-corrected chi connectivity index (χ4v) is 0.821. The quantitative estimate of drug-likeness (QED) is 0.580. The Labute approximate surface area is 79.8 Å². The summed E-state index contributed by atoms with van der Waals surface area (Å²) in [6.45, 7) is 8.05. The average molecular weight is 188 g/mol. The molecule has 1 saturated heterocycles. The van der Waals surface area contributed by atoms with Gasteiger partial charge in [-0.1, -0.05) is 0 Å². The summed E-state index contributed by atoms with van der Waals surface area (Å²) in [7, 11) is 0. The molecule has 0 unspecified atom stereocenters. The van der Waals surface area contributed by atoms with Gasteiger partial charge in [-0.25, -0.2) is 0 Å². The molecule has 0 bridgehead atoms. The third-order valence-corrected chi connectivity index (χ3v) is 1.50. The highest BCUT2D eigenvalue weighted by atomic mass is 16.5. The maximum atomic E-state index is 9.60. The van der Waals surface area contributed by atoms with E-state index in [0.717, 1.165) is 19.5 Å². The number of rotatable bonds is 1. The molecule has 0 spiro atoms. The van der Waals surface area contributed by atoms with Gasteiger partial charge in [0.2, 0.25) is 0 Å². The first-order valence-electron chi connectivity index (χ1n) is 4.53. The van der Waals surface area contributed by atoms with Crippen molar-refractivity contribution in [3.8, 4) is 0 Å². The second-order valence-electron chi connectivity index (χ2n) is 4.08. The van der Waals surface area contributed by atoms with E-state index < -0.39 is 0 Å². The molecule has 0 saturated carbocycles. The average Bonchev–Trinajstić information content (AvgIpc) is 2.38. The summed E-state index contributed by atoms with van der Waals surface area (Å²) in [5.74, 6) is 0. The van der Waals surface area contributed by atoms with E-state index >= 15 is 0 Å². The number of carbonyl (C=O) groups is 1. The molecule has 0 aliphatic carbocycles. The molecule has 1 atom stereocenters. The van der Waals surface area contributed by atoms with Crippen molar-refractivity contribution in [2.45, 2.75) is 38.8 Å². The van der Waals surface area contributed by atoms with Gasteiger partial charge in [-0.2, -0.15) is 0 Å². The van der Waals surface area contributed by atoms with E-state index in [-0.39, 0.29) is 5.60 Å². The zero-order valence-corrected chi connectivity index (χ0v) is 8.67. The normalized spacial score (nSPS) is 21.7. The number of hydrogen-bond acceptors (Lipinski definition) is 4. The first kappa shape index (κ1) is 12.4. The number of hydrogen-bond donors (Lipinski definition) is 2. The minimum atomic E-state index is -0.318. The third kappa shape index (κ3) is 9.30. The molecule has 0 amide bonds. The summed E-state index contributed by atoms with van der Waals surface area (Å²) < 4.78 is 4.55. The Hall–Kier alpha value is -0.610. The Morgan fingerprint density at radius 2 is 2.15 bits per heavy atom. The molecule has 1 heterocycles. The topological polar surface area (TPSA) is 64.3 Å². The van der Waals surface area contributed by atoms with Gasteiger partial charge in [-0.05, 0) is 33.7 Å². The first-order chi connectivity index (χ1) is 5.95. The van der Waals surface area contributed by atoms with Gasteiger partial charge in [0.05, 0.1) is 0 Å². The lowest BCUT2D eigenvalue weighted by molar-refractivity contribution is -0.138. The SMILES string of the molecule is CC(C)(C)OC=O.N[C@@H]1CCNC1. The minimum absolute atomic E-state index is 0.318. The van der Waals surface area contributed by atoms with Crippen molar-refractivity contribution in [2.75, 3.05) is 13.1 Å². The summed E-state index contributed by atoms with van der Waals surface area (Å²) >= 11 is 0. The Morgan fingerprint density at radius 3 is 2.23 bits per heavy atom. The number of nitrogens with one attached hydrogen (secondary N) is 1. The van der Waals surface area contributed by atoms with Crippen LogP contribution >= 0.6 is 0 Å². The molecule has 0 aromatic heterocycles. The summed E-state index contributed by atoms with van der Waals surface area (Å²) in [6, 6.07) is 0.435. The van der Waals surface area contributed by atoms with Crippen molar-refractivity contribution in [3.05, 3.63) is 0 Å². The van der Waals surface area contributed by atoms with Crippen molar-refractivity contribution < 1.29 is 9.53 Å². The van der Waals surface area contributed by atoms with Gasteiger partial charge in [-0.3, -0.25) is 4.79 Å². The van der Waals surface area contributed by atoms with E-state index in [9.17, 15) is 4.79 Å². The van der Waals surface area contributed by atoms with Crippen LogP contribution in [-0.2, 0) is 9.53 Å². The zero-order chi connectivity index (χ0) is 10.3. The van der Waals surface area contributed by atoms with E-state index in [0.29, 0.717) is 12.5 Å². The molecule has 0 radical (unpaired) electrons. The maximum absolute atomic E-state index is 9.60. The second kappa shape index (κ2) is 5.94. The van der Waals surface area contributed by atoms with Gasteiger partial charge in [0.1, 0.15) is 5.60 Å². The van der Waals surface area contributed by atoms with Crippen molar-refractivity contribution in [1.82, 2.24) is 5.32 Å². The first-order valence-corrected chi connectivity index (χ1v) is 4.53. The highest BCUT2D eigenvalue weighted by Crippen LogP contribution is 2.02. The van der Waals surface area contributed by atoms with Gasteiger partial charge in [0, 0.05) is 12.6 Å². The molecule has 1 rings (SSSR count). The van der Waals surface area contributed by atoms with Crippen LogP contribution in [0, 0.1) is 0 Å². The summed E-state index contributed by atoms with van der Waals surface area (Å²) in [4.78, 5) is 9.60. The summed E-state index contributed by atoms with van der Waals surface area (Å²) in [5, 5.41) is 3.15. The Kier molecular flexibility index (Phi) is 5.66. The lowest BCUT2D eigenvalue weighted by Crippen LogP contribution is -2.21. The largest absolute Gasteiger partial charge is 0.462 e. The van der Waals surface area contributed by atoms with E-state index in [2.05, 4.69) is 10.1 Å². The summed E-state index contributed by atoms with van der Waals surface area (Å²) in [5.41, 5.74) is 5.15. The van der Waals surface area contributed by atoms with Gasteiger partial charge in [0.25, 0.3) is 6.47 Å². The van der Waals surface area contributed by atoms with E-state index in [1.165, 1.54) is 0 Å². The number of carbonyl (C=O) groups excluding carboxylic acids is 1. The fourth-order valence-electron chi connectivity index (χ4n) is 0.821. The van der Waals surface area contributed by atoms with Crippen molar-refractivity contribution in [2.24, 2.45) is 5.73 Å². The fraction of sp³-hybridized carbons (Fsp3) is 0.889. The molecular formula is C9H20N2O2. The lowest BCUT2D eigenvalue weighted by atomic mass is 10.2. The molecular weight excluding hydrogens is 168 g/mol. The van der Waals surface area contributed by atoms with Crippen LogP contribution in [0.2, 0.25) is 0 Å². The van der Waals surface area contributed by atoms with Crippen molar-refractivity contribution in [1.29, 1.82) is 0 Å². The van der Waals surface area contributed by atoms with Crippen molar-refractivity contribution >= 4 is 6.47 Å². The van der Waals surface area contributed by atoms with Gasteiger partial charge in [-0.15, -0.1) is 0 Å². The van der Waals surface area contributed by atoms with Crippen LogP contribution in [0.5, 0.6) is 0 Å². The van der Waals surface area contributed by atoms with Crippen molar-refractivity contribution in [3.63, 3.8) is 0 Å². The van der Waals surface area contributed by atoms with Crippen LogP contribution in [0.25, 0.3) is 0 Å². The van der Waals surface area contributed by atoms with Crippen LogP contribution in [0.15, 0.2) is 0 Å². The van der Waals surface area contributed by atoms with Gasteiger partial charge >= 0.3 is 0 Å². The highest BCUT2D eigenvalue weighted by molar-refractivity contribution is 5.37. The van der Waals surface area contributed by atoms with Crippen LogP contribution in [0.1, 0.15) is 27.2 Å². The van der Waals surface area contributed by atoms with Gasteiger partial charge in [0.15, 0.2) is 0 Å². The molecule has 0 aromatic carbocycles. The predicted molar refractivity (Wildman–Crippen MR) is 52.4 cm³/mol. The molecule has 4 nitrogen and oxygen atoms in total. The standard InChI is InChI=1S/C5H10O2.C4H10N2/c1-5(2,3)7-4-6;5-4-1-2-6-3-4/h4H,1-3H3;4,6H,1-3,5H2/t;4-/m.1/s1. The molecule has 78 valence electrons. The Balaban J connectivity index is 0.000000223. The number of ether oxygens (including phenoxy) is 1. The monoisotopic (exact) mass is 188 g/mol. The summed E-state index contributed by atoms with van der Waals surface area (Å²) in [6.07, 6.45) is 1.15. The van der Waals surface area contributed by atoms with Crippen LogP contribution in [-0.4, -0.2) is 31.2 Å². The lowest BCUT2D eigenvalue weighted by Gasteiger charge is -2.14. The second-order valence-corrected chi connectivity index (χ2v) is 4.08. The minimum Gasteiger partial charge on any atom is -0.462 e. The smallest absolute Gasteiger partial charge is 0.293 e. The highest BCUT2D eigenvalue weighted by Gasteiger charge is 2.07. The molecule has 1 aliphatic heterocycles. The molecule has 0 aromatic rings. The molecule has 1 fully saturated rings. The Bertz CT molecular complexity index is 137. The maximum Gasteiger partial charge on any atom is 0.293 e. The molecule has 1 aliphatic rings. The number of nitrogens with two attached hydrogens (primary N) is 1. The molecule has 13 heavy (non-hydrogen) atoms. The molecule has 4 heteroatoms. The van der Waals surface area contributed by atoms with Gasteiger partial charge < -0.3 is 15.8 Å². The van der Waals surface area contributed by atoms with E-state index in [4.69, 9.17) is 5.73 Å². The van der Waals surface area contributed by atoms with E-state index in [1.807, 2.05) is 20.8 Å². The van der Waals surface area contributed by atoms with Crippen LogP contribution in [0.3, 0.4) is 0 Å².